The second-order valence-electron chi connectivity index (χ2n) is 9.48. The molecule has 0 saturated carbocycles. The van der Waals surface area contributed by atoms with E-state index in [1.807, 2.05) is 6.26 Å². The van der Waals surface area contributed by atoms with Gasteiger partial charge in [0.1, 0.15) is 23.9 Å². The van der Waals surface area contributed by atoms with Gasteiger partial charge in [0.2, 0.25) is 23.6 Å². The Morgan fingerprint density at radius 2 is 1.32 bits per heavy atom. The Bertz CT molecular complexity index is 1180. The van der Waals surface area contributed by atoms with Crippen molar-refractivity contribution in [1.82, 2.24) is 16.0 Å². The fourth-order valence-electron chi connectivity index (χ4n) is 3.91. The predicted octanol–water partition coefficient (Wildman–Crippen LogP) is 0.0623. The van der Waals surface area contributed by atoms with Gasteiger partial charge in [-0.15, -0.1) is 0 Å². The molecule has 12 nitrogen and oxygen atoms in total. The van der Waals surface area contributed by atoms with Gasteiger partial charge < -0.3 is 37.6 Å². The summed E-state index contributed by atoms with van der Waals surface area (Å²) in [5.74, 6) is -3.48. The van der Waals surface area contributed by atoms with Crippen molar-refractivity contribution >= 4 is 41.4 Å². The van der Waals surface area contributed by atoms with Crippen molar-refractivity contribution in [2.24, 2.45) is 11.5 Å². The molecular weight excluding hydrogens is 550 g/mol. The first kappa shape index (κ1) is 33.1. The monoisotopic (exact) mass is 587 g/mol. The number of phenols is 1. The van der Waals surface area contributed by atoms with Crippen molar-refractivity contribution < 1.29 is 34.2 Å². The third-order valence-electron chi connectivity index (χ3n) is 6.18. The molecule has 2 aromatic rings. The Labute approximate surface area is 242 Å². The van der Waals surface area contributed by atoms with Crippen LogP contribution in [0.1, 0.15) is 30.4 Å². The molecule has 0 aromatic heterocycles. The SMILES string of the molecule is CSCCC(NC(=O)C(CCC(N)=O)NC(=O)C(N)Cc1ccc(O)cc1)C(=O)NC(Cc1ccccc1)C(=O)O. The summed E-state index contributed by atoms with van der Waals surface area (Å²) in [5, 5.41) is 26.7. The molecule has 0 fully saturated rings. The molecule has 0 heterocycles. The van der Waals surface area contributed by atoms with Gasteiger partial charge in [-0.3, -0.25) is 19.2 Å². The minimum atomic E-state index is -1.23. The maximum atomic E-state index is 13.2. The molecule has 0 spiro atoms. The zero-order valence-corrected chi connectivity index (χ0v) is 23.6. The number of phenolic OH excluding ortho intramolecular Hbond substituents is 1. The third kappa shape index (κ3) is 11.9. The van der Waals surface area contributed by atoms with Crippen LogP contribution in [0.15, 0.2) is 54.6 Å². The van der Waals surface area contributed by atoms with E-state index in [-0.39, 0.29) is 37.9 Å². The van der Waals surface area contributed by atoms with Crippen LogP contribution >= 0.6 is 11.8 Å². The van der Waals surface area contributed by atoms with Gasteiger partial charge in [-0.1, -0.05) is 42.5 Å². The minimum Gasteiger partial charge on any atom is -0.508 e. The van der Waals surface area contributed by atoms with Gasteiger partial charge in [-0.05, 0) is 54.5 Å². The van der Waals surface area contributed by atoms with Gasteiger partial charge in [-0.25, -0.2) is 4.79 Å². The molecule has 4 unspecified atom stereocenters. The van der Waals surface area contributed by atoms with Gasteiger partial charge in [0.05, 0.1) is 6.04 Å². The lowest BCUT2D eigenvalue weighted by Gasteiger charge is -2.25. The van der Waals surface area contributed by atoms with Crippen LogP contribution < -0.4 is 27.4 Å². The summed E-state index contributed by atoms with van der Waals surface area (Å²) >= 11 is 1.43. The molecule has 0 bridgehead atoms. The highest BCUT2D eigenvalue weighted by Crippen LogP contribution is 2.12. The largest absolute Gasteiger partial charge is 0.508 e. The molecule has 0 aliphatic rings. The van der Waals surface area contributed by atoms with E-state index in [0.29, 0.717) is 16.9 Å². The number of nitrogens with two attached hydrogens (primary N) is 2. The summed E-state index contributed by atoms with van der Waals surface area (Å²) in [7, 11) is 0. The van der Waals surface area contributed by atoms with Crippen LogP contribution in [0.3, 0.4) is 0 Å². The number of hydrogen-bond acceptors (Lipinski definition) is 8. The first-order valence-corrected chi connectivity index (χ1v) is 14.4. The Morgan fingerprint density at radius 3 is 1.88 bits per heavy atom. The average molecular weight is 588 g/mol. The number of thioether (sulfide) groups is 1. The van der Waals surface area contributed by atoms with Crippen LogP contribution in [-0.4, -0.2) is 76.0 Å². The van der Waals surface area contributed by atoms with Crippen LogP contribution in [0.5, 0.6) is 5.75 Å². The molecule has 4 atom stereocenters. The average Bonchev–Trinajstić information content (AvgIpc) is 2.94. The van der Waals surface area contributed by atoms with Crippen LogP contribution in [0.25, 0.3) is 0 Å². The van der Waals surface area contributed by atoms with Crippen LogP contribution in [-0.2, 0) is 36.8 Å². The van der Waals surface area contributed by atoms with Crippen LogP contribution in [0.2, 0.25) is 0 Å². The van der Waals surface area contributed by atoms with E-state index in [0.717, 1.165) is 0 Å². The lowest BCUT2D eigenvalue weighted by Crippen LogP contribution is -2.57. The van der Waals surface area contributed by atoms with Crippen LogP contribution in [0.4, 0.5) is 0 Å². The van der Waals surface area contributed by atoms with Gasteiger partial charge in [0.15, 0.2) is 0 Å². The number of carbonyl (C=O) groups is 5. The van der Waals surface area contributed by atoms with Crippen molar-refractivity contribution in [2.75, 3.05) is 12.0 Å². The van der Waals surface area contributed by atoms with Crippen molar-refractivity contribution in [1.29, 1.82) is 0 Å². The smallest absolute Gasteiger partial charge is 0.326 e. The number of hydrogen-bond donors (Lipinski definition) is 7. The second-order valence-corrected chi connectivity index (χ2v) is 10.5. The number of carboxylic acid groups (broad SMARTS) is 1. The predicted molar refractivity (Wildman–Crippen MR) is 155 cm³/mol. The van der Waals surface area contributed by atoms with E-state index in [1.54, 1.807) is 42.5 Å². The quantitative estimate of drug-likeness (QED) is 0.133. The normalized spacial score (nSPS) is 13.7. The second kappa shape index (κ2) is 16.9. The number of rotatable bonds is 17. The van der Waals surface area contributed by atoms with Crippen LogP contribution in [0, 0.1) is 0 Å². The van der Waals surface area contributed by atoms with Gasteiger partial charge in [-0.2, -0.15) is 11.8 Å². The van der Waals surface area contributed by atoms with E-state index in [9.17, 15) is 34.2 Å². The highest BCUT2D eigenvalue weighted by molar-refractivity contribution is 7.98. The number of aliphatic carboxylic acids is 1. The maximum Gasteiger partial charge on any atom is 0.326 e. The summed E-state index contributed by atoms with van der Waals surface area (Å²) in [6, 6.07) is 10.3. The van der Waals surface area contributed by atoms with E-state index in [4.69, 9.17) is 11.5 Å². The number of benzene rings is 2. The van der Waals surface area contributed by atoms with E-state index in [2.05, 4.69) is 16.0 Å². The molecule has 2 aromatic carbocycles. The standard InChI is InChI=1S/C28H37N5O7S/c1-41-14-13-22(27(38)33-23(28(39)40)16-17-5-3-2-4-6-17)32-26(37)21(11-12-24(30)35)31-25(36)20(29)15-18-7-9-19(34)10-8-18/h2-10,20-23,34H,11-16,29H2,1H3,(H2,30,35)(H,31,36)(H,32,37)(H,33,38)(H,39,40). The summed E-state index contributed by atoms with van der Waals surface area (Å²) < 4.78 is 0. The maximum absolute atomic E-state index is 13.2. The summed E-state index contributed by atoms with van der Waals surface area (Å²) in [5.41, 5.74) is 12.7. The molecule has 2 rings (SSSR count). The number of nitrogens with one attached hydrogen (secondary N) is 3. The molecular formula is C28H37N5O7S. The van der Waals surface area contributed by atoms with Crippen molar-refractivity contribution in [2.45, 2.75) is 56.3 Å². The summed E-state index contributed by atoms with van der Waals surface area (Å²) in [6.07, 6.45) is 1.81. The Kier molecular flexibility index (Phi) is 13.6. The first-order chi connectivity index (χ1) is 19.5. The van der Waals surface area contributed by atoms with Crippen molar-refractivity contribution in [3.63, 3.8) is 0 Å². The van der Waals surface area contributed by atoms with Crippen molar-refractivity contribution in [3.8, 4) is 5.75 Å². The van der Waals surface area contributed by atoms with Gasteiger partial charge >= 0.3 is 5.97 Å². The number of aromatic hydroxyl groups is 1. The number of primary amides is 1. The molecule has 41 heavy (non-hydrogen) atoms. The molecule has 9 N–H and O–H groups in total. The number of carbonyl (C=O) groups excluding carboxylic acids is 4. The summed E-state index contributed by atoms with van der Waals surface area (Å²) in [6.45, 7) is 0. The van der Waals surface area contributed by atoms with Gasteiger partial charge in [0.25, 0.3) is 0 Å². The third-order valence-corrected chi connectivity index (χ3v) is 6.83. The Balaban J connectivity index is 2.13. The Morgan fingerprint density at radius 1 is 0.780 bits per heavy atom. The Hall–Kier alpha value is -4.10. The highest BCUT2D eigenvalue weighted by atomic mass is 32.2. The zero-order chi connectivity index (χ0) is 30.4. The highest BCUT2D eigenvalue weighted by Gasteiger charge is 2.30. The lowest BCUT2D eigenvalue weighted by molar-refractivity contribution is -0.142. The van der Waals surface area contributed by atoms with Crippen molar-refractivity contribution in [3.05, 3.63) is 65.7 Å². The first-order valence-electron chi connectivity index (χ1n) is 13.0. The topological polar surface area (TPSA) is 214 Å². The molecule has 13 heteroatoms. The molecule has 0 saturated heterocycles. The van der Waals surface area contributed by atoms with E-state index < -0.39 is 53.8 Å². The summed E-state index contributed by atoms with van der Waals surface area (Å²) in [4.78, 5) is 62.5. The fourth-order valence-corrected chi connectivity index (χ4v) is 4.38. The minimum absolute atomic E-state index is 0.0430. The molecule has 0 aliphatic heterocycles. The molecule has 0 aliphatic carbocycles. The fraction of sp³-hybridized carbons (Fsp3) is 0.393. The number of amides is 4. The molecule has 222 valence electrons. The van der Waals surface area contributed by atoms with E-state index in [1.165, 1.54) is 23.9 Å². The number of carboxylic acids is 1. The molecule has 0 radical (unpaired) electrons. The molecule has 4 amide bonds. The lowest BCUT2D eigenvalue weighted by atomic mass is 10.0. The van der Waals surface area contributed by atoms with E-state index >= 15 is 0 Å². The zero-order valence-electron chi connectivity index (χ0n) is 22.7. The van der Waals surface area contributed by atoms with Gasteiger partial charge in [0, 0.05) is 12.8 Å².